The van der Waals surface area contributed by atoms with Crippen molar-refractivity contribution >= 4 is 11.6 Å². The summed E-state index contributed by atoms with van der Waals surface area (Å²) in [6.07, 6.45) is 5.42. The van der Waals surface area contributed by atoms with Crippen LogP contribution < -0.4 is 11.1 Å². The number of hydrogen-bond acceptors (Lipinski definition) is 6. The maximum absolute atomic E-state index is 5.79. The fourth-order valence-corrected chi connectivity index (χ4v) is 2.33. The third-order valence-electron chi connectivity index (χ3n) is 3.29. The van der Waals surface area contributed by atoms with Gasteiger partial charge in [-0.25, -0.2) is 9.97 Å². The molecule has 0 spiro atoms. The smallest absolute Gasteiger partial charge is 0.158 e. The molecule has 0 amide bonds. The second-order valence-corrected chi connectivity index (χ2v) is 4.94. The first-order valence-electron chi connectivity index (χ1n) is 7.34. The highest BCUT2D eigenvalue weighted by Gasteiger charge is 2.14. The molecule has 0 bridgehead atoms. The van der Waals surface area contributed by atoms with Crippen LogP contribution >= 0.6 is 0 Å². The monoisotopic (exact) mass is 280 g/mol. The molecule has 1 fully saturated rings. The van der Waals surface area contributed by atoms with Crippen LogP contribution in [0.15, 0.2) is 6.07 Å². The van der Waals surface area contributed by atoms with Gasteiger partial charge in [-0.15, -0.1) is 0 Å². The zero-order chi connectivity index (χ0) is 14.2. The van der Waals surface area contributed by atoms with Crippen molar-refractivity contribution in [3.05, 3.63) is 11.9 Å². The van der Waals surface area contributed by atoms with Crippen LogP contribution in [0.25, 0.3) is 0 Å². The first kappa shape index (κ1) is 15.0. The van der Waals surface area contributed by atoms with E-state index in [-0.39, 0.29) is 0 Å². The lowest BCUT2D eigenvalue weighted by molar-refractivity contribution is 0.0658. The van der Waals surface area contributed by atoms with Crippen molar-refractivity contribution in [2.24, 2.45) is 0 Å². The van der Waals surface area contributed by atoms with Crippen LogP contribution in [-0.4, -0.2) is 35.8 Å². The van der Waals surface area contributed by atoms with E-state index in [1.165, 1.54) is 25.7 Å². The zero-order valence-electron chi connectivity index (χ0n) is 12.1. The van der Waals surface area contributed by atoms with Gasteiger partial charge in [-0.2, -0.15) is 0 Å². The van der Waals surface area contributed by atoms with Crippen LogP contribution in [0.2, 0.25) is 0 Å². The Balaban J connectivity index is 1.74. The van der Waals surface area contributed by atoms with Gasteiger partial charge in [0.15, 0.2) is 5.82 Å². The molecule has 0 aliphatic heterocycles. The first-order chi connectivity index (χ1) is 9.78. The molecule has 1 aliphatic carbocycles. The van der Waals surface area contributed by atoms with E-state index in [9.17, 15) is 0 Å². The SMILES string of the molecule is CCOCc1nc(N)cc(NCCOC2CCCC2)n1. The lowest BCUT2D eigenvalue weighted by Crippen LogP contribution is -2.16. The van der Waals surface area contributed by atoms with E-state index in [2.05, 4.69) is 15.3 Å². The predicted octanol–water partition coefficient (Wildman–Crippen LogP) is 1.97. The highest BCUT2D eigenvalue weighted by molar-refractivity contribution is 5.44. The summed E-state index contributed by atoms with van der Waals surface area (Å²) < 4.78 is 11.1. The first-order valence-corrected chi connectivity index (χ1v) is 7.34. The van der Waals surface area contributed by atoms with Crippen LogP contribution in [0.1, 0.15) is 38.4 Å². The van der Waals surface area contributed by atoms with Gasteiger partial charge in [-0.05, 0) is 19.8 Å². The summed E-state index contributed by atoms with van der Waals surface area (Å²) in [5.41, 5.74) is 5.76. The number of aromatic nitrogens is 2. The summed E-state index contributed by atoms with van der Waals surface area (Å²) in [6.45, 7) is 4.37. The highest BCUT2D eigenvalue weighted by atomic mass is 16.5. The molecule has 0 radical (unpaired) electrons. The highest BCUT2D eigenvalue weighted by Crippen LogP contribution is 2.20. The summed E-state index contributed by atoms with van der Waals surface area (Å²) in [6, 6.07) is 1.73. The summed E-state index contributed by atoms with van der Waals surface area (Å²) in [5.74, 6) is 1.78. The maximum Gasteiger partial charge on any atom is 0.158 e. The lowest BCUT2D eigenvalue weighted by Gasteiger charge is -2.12. The number of nitrogen functional groups attached to an aromatic ring is 1. The van der Waals surface area contributed by atoms with Crippen LogP contribution in [0.3, 0.4) is 0 Å². The average Bonchev–Trinajstić information content (AvgIpc) is 2.94. The number of rotatable bonds is 8. The number of nitrogens with two attached hydrogens (primary N) is 1. The molecular formula is C14H24N4O2. The fourth-order valence-electron chi connectivity index (χ4n) is 2.33. The van der Waals surface area contributed by atoms with Crippen LogP contribution in [0, 0.1) is 0 Å². The second-order valence-electron chi connectivity index (χ2n) is 4.94. The molecule has 20 heavy (non-hydrogen) atoms. The van der Waals surface area contributed by atoms with Crippen LogP contribution in [-0.2, 0) is 16.1 Å². The van der Waals surface area contributed by atoms with Crippen molar-refractivity contribution < 1.29 is 9.47 Å². The van der Waals surface area contributed by atoms with E-state index in [4.69, 9.17) is 15.2 Å². The molecule has 2 rings (SSSR count). The minimum atomic E-state index is 0.384. The van der Waals surface area contributed by atoms with Crippen molar-refractivity contribution in [1.82, 2.24) is 9.97 Å². The van der Waals surface area contributed by atoms with Crippen molar-refractivity contribution in [1.29, 1.82) is 0 Å². The average molecular weight is 280 g/mol. The van der Waals surface area contributed by atoms with Gasteiger partial charge < -0.3 is 20.5 Å². The van der Waals surface area contributed by atoms with Crippen molar-refractivity contribution in [3.63, 3.8) is 0 Å². The topological polar surface area (TPSA) is 82.3 Å². The Morgan fingerprint density at radius 2 is 2.15 bits per heavy atom. The fraction of sp³-hybridized carbons (Fsp3) is 0.714. The summed E-state index contributed by atoms with van der Waals surface area (Å²) in [4.78, 5) is 8.49. The Hall–Kier alpha value is -1.40. The Bertz CT molecular complexity index is 408. The quantitative estimate of drug-likeness (QED) is 0.708. The van der Waals surface area contributed by atoms with Gasteiger partial charge in [0, 0.05) is 19.2 Å². The van der Waals surface area contributed by atoms with Crippen LogP contribution in [0.4, 0.5) is 11.6 Å². The molecule has 112 valence electrons. The van der Waals surface area contributed by atoms with Crippen molar-refractivity contribution in [2.45, 2.75) is 45.3 Å². The van der Waals surface area contributed by atoms with Crippen molar-refractivity contribution in [2.75, 3.05) is 30.8 Å². The van der Waals surface area contributed by atoms with Gasteiger partial charge in [-0.3, -0.25) is 0 Å². The number of nitrogens with one attached hydrogen (secondary N) is 1. The largest absolute Gasteiger partial charge is 0.384 e. The summed E-state index contributed by atoms with van der Waals surface area (Å²) in [7, 11) is 0. The van der Waals surface area contributed by atoms with E-state index < -0.39 is 0 Å². The number of hydrogen-bond donors (Lipinski definition) is 2. The molecule has 6 heteroatoms. The Kier molecular flexibility index (Phi) is 6.01. The summed E-state index contributed by atoms with van der Waals surface area (Å²) in [5, 5.41) is 3.21. The standard InChI is InChI=1S/C14H24N4O2/c1-2-19-10-14-17-12(15)9-13(18-14)16-7-8-20-11-5-3-4-6-11/h9,11H,2-8,10H2,1H3,(H3,15,16,17,18). The minimum absolute atomic E-state index is 0.384. The molecule has 1 aliphatic rings. The third kappa shape index (κ3) is 4.94. The van der Waals surface area contributed by atoms with Gasteiger partial charge in [-0.1, -0.05) is 12.8 Å². The minimum Gasteiger partial charge on any atom is -0.384 e. The lowest BCUT2D eigenvalue weighted by atomic mass is 10.3. The van der Waals surface area contributed by atoms with E-state index in [0.717, 1.165) is 12.4 Å². The number of ether oxygens (including phenoxy) is 2. The third-order valence-corrected chi connectivity index (χ3v) is 3.29. The molecule has 0 aromatic carbocycles. The summed E-state index contributed by atoms with van der Waals surface area (Å²) >= 11 is 0. The van der Waals surface area contributed by atoms with E-state index in [0.29, 0.717) is 37.6 Å². The molecule has 1 aromatic heterocycles. The van der Waals surface area contributed by atoms with Gasteiger partial charge in [0.1, 0.15) is 18.2 Å². The Morgan fingerprint density at radius 3 is 2.90 bits per heavy atom. The van der Waals surface area contributed by atoms with E-state index in [1.807, 2.05) is 6.92 Å². The maximum atomic E-state index is 5.79. The van der Waals surface area contributed by atoms with Crippen LogP contribution in [0.5, 0.6) is 0 Å². The molecule has 6 nitrogen and oxygen atoms in total. The zero-order valence-corrected chi connectivity index (χ0v) is 12.1. The molecule has 1 heterocycles. The molecule has 0 saturated heterocycles. The molecular weight excluding hydrogens is 256 g/mol. The predicted molar refractivity (Wildman–Crippen MR) is 78.5 cm³/mol. The Morgan fingerprint density at radius 1 is 1.35 bits per heavy atom. The van der Waals surface area contributed by atoms with Crippen molar-refractivity contribution in [3.8, 4) is 0 Å². The molecule has 1 saturated carbocycles. The normalized spacial score (nSPS) is 15.7. The van der Waals surface area contributed by atoms with Gasteiger partial charge in [0.2, 0.25) is 0 Å². The Labute approximate surface area is 120 Å². The number of anilines is 2. The van der Waals surface area contributed by atoms with Gasteiger partial charge in [0.25, 0.3) is 0 Å². The van der Waals surface area contributed by atoms with E-state index in [1.54, 1.807) is 6.07 Å². The second kappa shape index (κ2) is 8.01. The van der Waals surface area contributed by atoms with Gasteiger partial charge in [0.05, 0.1) is 12.7 Å². The molecule has 1 aromatic rings. The van der Waals surface area contributed by atoms with E-state index >= 15 is 0 Å². The molecule has 3 N–H and O–H groups in total. The molecule has 0 unspecified atom stereocenters. The number of nitrogens with zero attached hydrogens (tertiary/aromatic N) is 2. The van der Waals surface area contributed by atoms with Gasteiger partial charge >= 0.3 is 0 Å². The molecule has 0 atom stereocenters.